The Kier molecular flexibility index (Phi) is 9.04. The molecule has 1 aliphatic rings. The summed E-state index contributed by atoms with van der Waals surface area (Å²) in [6.45, 7) is 9.82. The highest BCUT2D eigenvalue weighted by molar-refractivity contribution is 7.22. The standard InChI is InChI=1S/C26H35ClN6O3S/c1-5-15(6-2)28-20-14-33(13-12-18(20)30-24(34)23-29-17(7-3)22(27)32-23)26-31-19-11-9-10-16(21(19)37-26)25(35)36-8-4/h9-11,15,18,20,28H,5-8,12-14H2,1-4H3,(H,29,32)(H,30,34)/t18-,20-/m0/s1. The molecule has 1 aliphatic heterocycles. The van der Waals surface area contributed by atoms with Crippen molar-refractivity contribution in [3.63, 3.8) is 0 Å². The zero-order chi connectivity index (χ0) is 26.5. The van der Waals surface area contributed by atoms with Crippen molar-refractivity contribution in [1.82, 2.24) is 25.6 Å². The number of carbonyl (C=O) groups excluding carboxylic acids is 2. The summed E-state index contributed by atoms with van der Waals surface area (Å²) in [6, 6.07) is 5.80. The van der Waals surface area contributed by atoms with Gasteiger partial charge in [-0.25, -0.2) is 14.8 Å². The molecule has 9 nitrogen and oxygen atoms in total. The Morgan fingerprint density at radius 2 is 2.00 bits per heavy atom. The molecule has 3 heterocycles. The number of benzene rings is 1. The largest absolute Gasteiger partial charge is 0.462 e. The lowest BCUT2D eigenvalue weighted by atomic mass is 9.97. The molecule has 2 atom stereocenters. The first-order valence-corrected chi connectivity index (χ1v) is 14.2. The Hall–Kier alpha value is -2.69. The molecule has 0 spiro atoms. The lowest BCUT2D eigenvalue weighted by Crippen LogP contribution is -2.61. The molecule has 11 heteroatoms. The Bertz CT molecular complexity index is 1240. The molecule has 0 bridgehead atoms. The van der Waals surface area contributed by atoms with Gasteiger partial charge in [0.1, 0.15) is 0 Å². The van der Waals surface area contributed by atoms with Crippen LogP contribution in [0.25, 0.3) is 10.2 Å². The van der Waals surface area contributed by atoms with E-state index in [-0.39, 0.29) is 29.8 Å². The molecule has 1 saturated heterocycles. The van der Waals surface area contributed by atoms with Crippen LogP contribution < -0.4 is 15.5 Å². The summed E-state index contributed by atoms with van der Waals surface area (Å²) in [7, 11) is 0. The first-order chi connectivity index (χ1) is 17.9. The van der Waals surface area contributed by atoms with Crippen molar-refractivity contribution in [3.05, 3.63) is 40.4 Å². The molecule has 200 valence electrons. The maximum absolute atomic E-state index is 13.0. The van der Waals surface area contributed by atoms with E-state index < -0.39 is 0 Å². The Morgan fingerprint density at radius 3 is 2.68 bits per heavy atom. The molecular weight excluding hydrogens is 512 g/mol. The highest BCUT2D eigenvalue weighted by Gasteiger charge is 2.33. The van der Waals surface area contributed by atoms with E-state index in [1.54, 1.807) is 13.0 Å². The molecule has 0 saturated carbocycles. The third-order valence-electron chi connectivity index (χ3n) is 6.83. The number of imidazole rings is 1. The molecule has 2 aromatic heterocycles. The van der Waals surface area contributed by atoms with E-state index in [4.69, 9.17) is 21.3 Å². The smallest absolute Gasteiger partial charge is 0.339 e. The van der Waals surface area contributed by atoms with E-state index in [0.29, 0.717) is 36.3 Å². The van der Waals surface area contributed by atoms with Crippen LogP contribution in [0.1, 0.15) is 73.6 Å². The number of aromatic nitrogens is 3. The molecule has 3 aromatic rings. The number of H-pyrrole nitrogens is 1. The van der Waals surface area contributed by atoms with E-state index in [0.717, 1.165) is 46.8 Å². The van der Waals surface area contributed by atoms with Crippen LogP contribution in [-0.2, 0) is 11.2 Å². The molecule has 1 aromatic carbocycles. The summed E-state index contributed by atoms with van der Waals surface area (Å²) in [5.41, 5.74) is 2.08. The van der Waals surface area contributed by atoms with Crippen molar-refractivity contribution in [2.45, 2.75) is 71.5 Å². The minimum absolute atomic E-state index is 0.00946. The molecule has 0 radical (unpaired) electrons. The second-order valence-corrected chi connectivity index (χ2v) is 10.5. The number of nitrogens with one attached hydrogen (secondary N) is 3. The molecule has 1 fully saturated rings. The van der Waals surface area contributed by atoms with Crippen molar-refractivity contribution in [3.8, 4) is 0 Å². The molecule has 0 aliphatic carbocycles. The van der Waals surface area contributed by atoms with Gasteiger partial charge in [-0.3, -0.25) is 4.79 Å². The number of halogens is 1. The summed E-state index contributed by atoms with van der Waals surface area (Å²) in [5, 5.41) is 8.14. The summed E-state index contributed by atoms with van der Waals surface area (Å²) in [6.07, 6.45) is 3.40. The highest BCUT2D eigenvalue weighted by atomic mass is 35.5. The van der Waals surface area contributed by atoms with Crippen LogP contribution in [-0.4, -0.2) is 64.7 Å². The highest BCUT2D eigenvalue weighted by Crippen LogP contribution is 2.33. The fourth-order valence-electron chi connectivity index (χ4n) is 4.70. The van der Waals surface area contributed by atoms with Crippen molar-refractivity contribution in [1.29, 1.82) is 0 Å². The SMILES string of the molecule is CCOC(=O)c1cccc2nc(N3CC[C@H](NC(=O)c4nc(Cl)c(CC)[nH]4)[C@@H](NC(CC)CC)C3)sc12. The zero-order valence-corrected chi connectivity index (χ0v) is 23.3. The molecule has 37 heavy (non-hydrogen) atoms. The van der Waals surface area contributed by atoms with Crippen LogP contribution in [0.5, 0.6) is 0 Å². The van der Waals surface area contributed by atoms with Crippen molar-refractivity contribution in [2.24, 2.45) is 0 Å². The van der Waals surface area contributed by atoms with Gasteiger partial charge in [0, 0.05) is 31.2 Å². The van der Waals surface area contributed by atoms with Crippen LogP contribution in [0.3, 0.4) is 0 Å². The monoisotopic (exact) mass is 546 g/mol. The van der Waals surface area contributed by atoms with Crippen molar-refractivity contribution in [2.75, 3.05) is 24.6 Å². The number of thiazole rings is 1. The third kappa shape index (κ3) is 6.08. The Balaban J connectivity index is 1.55. The van der Waals surface area contributed by atoms with Crippen LogP contribution in [0, 0.1) is 0 Å². The van der Waals surface area contributed by atoms with E-state index in [9.17, 15) is 9.59 Å². The minimum Gasteiger partial charge on any atom is -0.462 e. The van der Waals surface area contributed by atoms with Crippen LogP contribution >= 0.6 is 22.9 Å². The number of carbonyl (C=O) groups is 2. The summed E-state index contributed by atoms with van der Waals surface area (Å²) >= 11 is 7.66. The Morgan fingerprint density at radius 1 is 1.22 bits per heavy atom. The zero-order valence-electron chi connectivity index (χ0n) is 21.8. The van der Waals surface area contributed by atoms with E-state index in [1.165, 1.54) is 11.3 Å². The number of piperidine rings is 1. The number of ether oxygens (including phenoxy) is 1. The predicted octanol–water partition coefficient (Wildman–Crippen LogP) is 4.57. The number of nitrogens with zero attached hydrogens (tertiary/aromatic N) is 3. The number of aryl methyl sites for hydroxylation is 1. The summed E-state index contributed by atoms with van der Waals surface area (Å²) in [4.78, 5) is 39.8. The maximum Gasteiger partial charge on any atom is 0.339 e. The van der Waals surface area contributed by atoms with Crippen LogP contribution in [0.15, 0.2) is 18.2 Å². The molecular formula is C26H35ClN6O3S. The van der Waals surface area contributed by atoms with Gasteiger partial charge in [0.15, 0.2) is 16.1 Å². The normalized spacial score (nSPS) is 17.9. The molecule has 1 amide bonds. The lowest BCUT2D eigenvalue weighted by molar-refractivity contribution is 0.0528. The average molecular weight is 547 g/mol. The third-order valence-corrected chi connectivity index (χ3v) is 8.31. The quantitative estimate of drug-likeness (QED) is 0.319. The lowest BCUT2D eigenvalue weighted by Gasteiger charge is -2.40. The van der Waals surface area contributed by atoms with Gasteiger partial charge in [-0.2, -0.15) is 0 Å². The van der Waals surface area contributed by atoms with Crippen LogP contribution in [0.2, 0.25) is 5.15 Å². The van der Waals surface area contributed by atoms with Gasteiger partial charge < -0.3 is 25.3 Å². The van der Waals surface area contributed by atoms with E-state index in [1.807, 2.05) is 19.1 Å². The second kappa shape index (κ2) is 12.2. The number of rotatable bonds is 10. The first kappa shape index (κ1) is 27.3. The fraction of sp³-hybridized carbons (Fsp3) is 0.538. The summed E-state index contributed by atoms with van der Waals surface area (Å²) < 4.78 is 6.07. The van der Waals surface area contributed by atoms with Gasteiger partial charge in [0.05, 0.1) is 28.1 Å². The summed E-state index contributed by atoms with van der Waals surface area (Å²) in [5.74, 6) is -0.346. The number of esters is 1. The van der Waals surface area contributed by atoms with Gasteiger partial charge in [-0.1, -0.05) is 49.8 Å². The molecule has 4 rings (SSSR count). The van der Waals surface area contributed by atoms with Crippen molar-refractivity contribution >= 4 is 50.2 Å². The molecule has 0 unspecified atom stereocenters. The number of anilines is 1. The van der Waals surface area contributed by atoms with E-state index >= 15 is 0 Å². The number of hydrogen-bond donors (Lipinski definition) is 3. The number of hydrogen-bond acceptors (Lipinski definition) is 8. The predicted molar refractivity (Wildman–Crippen MR) is 148 cm³/mol. The number of fused-ring (bicyclic) bond motifs is 1. The van der Waals surface area contributed by atoms with Gasteiger partial charge in [0.25, 0.3) is 5.91 Å². The fourth-order valence-corrected chi connectivity index (χ4v) is 6.07. The first-order valence-electron chi connectivity index (χ1n) is 13.0. The topological polar surface area (TPSA) is 112 Å². The van der Waals surface area contributed by atoms with Gasteiger partial charge in [0.2, 0.25) is 0 Å². The molecule has 3 N–H and O–H groups in total. The number of amides is 1. The maximum atomic E-state index is 13.0. The minimum atomic E-state index is -0.331. The Labute approximate surface area is 226 Å². The van der Waals surface area contributed by atoms with E-state index in [2.05, 4.69) is 39.3 Å². The van der Waals surface area contributed by atoms with Crippen LogP contribution in [0.4, 0.5) is 5.13 Å². The van der Waals surface area contributed by atoms with Gasteiger partial charge in [-0.05, 0) is 44.7 Å². The number of aromatic amines is 1. The second-order valence-electron chi connectivity index (χ2n) is 9.18. The average Bonchev–Trinajstić information content (AvgIpc) is 3.51. The van der Waals surface area contributed by atoms with Gasteiger partial charge >= 0.3 is 5.97 Å². The van der Waals surface area contributed by atoms with Crippen molar-refractivity contribution < 1.29 is 14.3 Å². The van der Waals surface area contributed by atoms with Gasteiger partial charge in [-0.15, -0.1) is 0 Å².